The monoisotopic (exact) mass is 405 g/mol. The van der Waals surface area contributed by atoms with Crippen LogP contribution in [0.25, 0.3) is 11.0 Å². The highest BCUT2D eigenvalue weighted by atomic mass is 19.1. The standard InChI is InChI=1S/C24H24FN3O2/c1-16(24-27-20-5-3-4-6-21(20)28-24)26-14-18-9-12-22(29-2)23(13-18)30-15-17-7-10-19(25)11-8-17/h3-13,16,26H,14-15H2,1-2H3,(H,27,28). The van der Waals surface area contributed by atoms with Crippen LogP contribution in [0.3, 0.4) is 0 Å². The molecule has 0 bridgehead atoms. The number of rotatable bonds is 8. The van der Waals surface area contributed by atoms with Crippen LogP contribution in [0.2, 0.25) is 0 Å². The molecule has 0 aliphatic rings. The number of benzene rings is 3. The summed E-state index contributed by atoms with van der Waals surface area (Å²) in [4.78, 5) is 8.01. The first kappa shape index (κ1) is 19.9. The fraction of sp³-hybridized carbons (Fsp3) is 0.208. The Labute approximate surface area is 174 Å². The molecule has 0 aliphatic carbocycles. The Morgan fingerprint density at radius 2 is 1.77 bits per heavy atom. The molecule has 2 N–H and O–H groups in total. The van der Waals surface area contributed by atoms with Gasteiger partial charge in [-0.15, -0.1) is 0 Å². The molecule has 0 aliphatic heterocycles. The second kappa shape index (κ2) is 8.97. The van der Waals surface area contributed by atoms with E-state index in [-0.39, 0.29) is 11.9 Å². The number of aromatic amines is 1. The van der Waals surface area contributed by atoms with E-state index in [0.717, 1.165) is 28.0 Å². The lowest BCUT2D eigenvalue weighted by atomic mass is 10.2. The second-order valence-electron chi connectivity index (χ2n) is 7.14. The van der Waals surface area contributed by atoms with Crippen molar-refractivity contribution in [1.82, 2.24) is 15.3 Å². The summed E-state index contributed by atoms with van der Waals surface area (Å²) in [5.74, 6) is 1.95. The second-order valence-corrected chi connectivity index (χ2v) is 7.14. The molecular formula is C24H24FN3O2. The fourth-order valence-corrected chi connectivity index (χ4v) is 3.23. The predicted octanol–water partition coefficient (Wildman–Crippen LogP) is 5.14. The Hall–Kier alpha value is -3.38. The number of ether oxygens (including phenoxy) is 2. The number of methoxy groups -OCH3 is 1. The van der Waals surface area contributed by atoms with Gasteiger partial charge in [0.1, 0.15) is 18.2 Å². The highest BCUT2D eigenvalue weighted by molar-refractivity contribution is 5.74. The predicted molar refractivity (Wildman–Crippen MR) is 115 cm³/mol. The normalized spacial score (nSPS) is 12.1. The number of imidazole rings is 1. The van der Waals surface area contributed by atoms with Gasteiger partial charge in [-0.05, 0) is 54.4 Å². The van der Waals surface area contributed by atoms with Gasteiger partial charge < -0.3 is 19.8 Å². The summed E-state index contributed by atoms with van der Waals surface area (Å²) in [6.45, 7) is 3.06. The molecule has 3 aromatic carbocycles. The van der Waals surface area contributed by atoms with Crippen LogP contribution in [0.15, 0.2) is 66.7 Å². The van der Waals surface area contributed by atoms with Crippen molar-refractivity contribution < 1.29 is 13.9 Å². The van der Waals surface area contributed by atoms with Crippen LogP contribution in [0.4, 0.5) is 4.39 Å². The number of hydrogen-bond acceptors (Lipinski definition) is 4. The summed E-state index contributed by atoms with van der Waals surface area (Å²) in [5, 5.41) is 3.49. The Kier molecular flexibility index (Phi) is 5.95. The first-order valence-electron chi connectivity index (χ1n) is 9.84. The average molecular weight is 405 g/mol. The number of para-hydroxylation sites is 2. The first-order valence-corrected chi connectivity index (χ1v) is 9.84. The number of aromatic nitrogens is 2. The quantitative estimate of drug-likeness (QED) is 0.426. The molecule has 0 amide bonds. The molecule has 0 spiro atoms. The molecule has 1 heterocycles. The van der Waals surface area contributed by atoms with Gasteiger partial charge in [-0.25, -0.2) is 9.37 Å². The van der Waals surface area contributed by atoms with Gasteiger partial charge in [-0.3, -0.25) is 0 Å². The summed E-state index contributed by atoms with van der Waals surface area (Å²) >= 11 is 0. The minimum absolute atomic E-state index is 0.0584. The van der Waals surface area contributed by atoms with Crippen molar-refractivity contribution >= 4 is 11.0 Å². The Morgan fingerprint density at radius 1 is 1.00 bits per heavy atom. The largest absolute Gasteiger partial charge is 0.493 e. The number of nitrogens with zero attached hydrogens (tertiary/aromatic N) is 1. The summed E-state index contributed by atoms with van der Waals surface area (Å²) in [5.41, 5.74) is 3.94. The zero-order valence-electron chi connectivity index (χ0n) is 17.0. The third-order valence-electron chi connectivity index (χ3n) is 4.97. The molecule has 1 atom stereocenters. The van der Waals surface area contributed by atoms with Crippen molar-refractivity contribution in [3.63, 3.8) is 0 Å². The molecule has 154 valence electrons. The molecule has 5 nitrogen and oxygen atoms in total. The molecule has 6 heteroatoms. The molecule has 1 aromatic heterocycles. The maximum absolute atomic E-state index is 13.1. The topological polar surface area (TPSA) is 59.2 Å². The first-order chi connectivity index (χ1) is 14.6. The van der Waals surface area contributed by atoms with Crippen LogP contribution in [-0.4, -0.2) is 17.1 Å². The summed E-state index contributed by atoms with van der Waals surface area (Å²) in [7, 11) is 1.61. The van der Waals surface area contributed by atoms with Crippen molar-refractivity contribution in [2.45, 2.75) is 26.1 Å². The van der Waals surface area contributed by atoms with Crippen molar-refractivity contribution in [1.29, 1.82) is 0 Å². The van der Waals surface area contributed by atoms with E-state index in [1.807, 2.05) is 42.5 Å². The summed E-state index contributed by atoms with van der Waals surface area (Å²) in [6, 6.07) is 20.2. The SMILES string of the molecule is COc1ccc(CNC(C)c2nc3ccccc3[nH]2)cc1OCc1ccc(F)cc1. The van der Waals surface area contributed by atoms with Gasteiger partial charge in [-0.1, -0.05) is 30.3 Å². The van der Waals surface area contributed by atoms with E-state index in [9.17, 15) is 4.39 Å². The molecular weight excluding hydrogens is 381 g/mol. The molecule has 30 heavy (non-hydrogen) atoms. The number of nitrogens with one attached hydrogen (secondary N) is 2. The van der Waals surface area contributed by atoms with Gasteiger partial charge in [0, 0.05) is 6.54 Å². The number of halogens is 1. The van der Waals surface area contributed by atoms with Crippen LogP contribution < -0.4 is 14.8 Å². The number of H-pyrrole nitrogens is 1. The van der Waals surface area contributed by atoms with Gasteiger partial charge in [0.2, 0.25) is 0 Å². The maximum Gasteiger partial charge on any atom is 0.161 e. The highest BCUT2D eigenvalue weighted by Crippen LogP contribution is 2.29. The van der Waals surface area contributed by atoms with Crippen LogP contribution in [-0.2, 0) is 13.2 Å². The number of hydrogen-bond donors (Lipinski definition) is 2. The van der Waals surface area contributed by atoms with Gasteiger partial charge in [-0.2, -0.15) is 0 Å². The van der Waals surface area contributed by atoms with E-state index in [1.165, 1.54) is 12.1 Å². The van der Waals surface area contributed by atoms with Crippen molar-refractivity contribution in [2.75, 3.05) is 7.11 Å². The van der Waals surface area contributed by atoms with E-state index >= 15 is 0 Å². The van der Waals surface area contributed by atoms with E-state index in [1.54, 1.807) is 19.2 Å². The maximum atomic E-state index is 13.1. The highest BCUT2D eigenvalue weighted by Gasteiger charge is 2.12. The molecule has 4 rings (SSSR count). The lowest BCUT2D eigenvalue weighted by molar-refractivity contribution is 0.284. The molecule has 4 aromatic rings. The van der Waals surface area contributed by atoms with Crippen LogP contribution in [0.1, 0.15) is 29.9 Å². The van der Waals surface area contributed by atoms with E-state index < -0.39 is 0 Å². The van der Waals surface area contributed by atoms with Crippen LogP contribution >= 0.6 is 0 Å². The Morgan fingerprint density at radius 3 is 2.53 bits per heavy atom. The molecule has 0 radical (unpaired) electrons. The Balaban J connectivity index is 1.42. The van der Waals surface area contributed by atoms with E-state index in [0.29, 0.717) is 24.7 Å². The van der Waals surface area contributed by atoms with E-state index in [4.69, 9.17) is 9.47 Å². The fourth-order valence-electron chi connectivity index (χ4n) is 3.23. The van der Waals surface area contributed by atoms with Crippen molar-refractivity contribution in [3.8, 4) is 11.5 Å². The molecule has 0 fully saturated rings. The zero-order valence-corrected chi connectivity index (χ0v) is 17.0. The summed E-state index contributed by atoms with van der Waals surface area (Å²) < 4.78 is 24.4. The average Bonchev–Trinajstić information content (AvgIpc) is 3.21. The Bertz CT molecular complexity index is 1090. The van der Waals surface area contributed by atoms with Crippen LogP contribution in [0, 0.1) is 5.82 Å². The minimum atomic E-state index is -0.261. The van der Waals surface area contributed by atoms with Gasteiger partial charge in [0.15, 0.2) is 11.5 Å². The molecule has 0 saturated heterocycles. The molecule has 0 saturated carbocycles. The summed E-state index contributed by atoms with van der Waals surface area (Å²) in [6.07, 6.45) is 0. The van der Waals surface area contributed by atoms with E-state index in [2.05, 4.69) is 22.2 Å². The molecule has 1 unspecified atom stereocenters. The lowest BCUT2D eigenvalue weighted by Crippen LogP contribution is -2.19. The third kappa shape index (κ3) is 4.60. The minimum Gasteiger partial charge on any atom is -0.493 e. The van der Waals surface area contributed by atoms with Crippen molar-refractivity contribution in [2.24, 2.45) is 0 Å². The van der Waals surface area contributed by atoms with Gasteiger partial charge in [0.25, 0.3) is 0 Å². The van der Waals surface area contributed by atoms with Crippen LogP contribution in [0.5, 0.6) is 11.5 Å². The van der Waals surface area contributed by atoms with Gasteiger partial charge in [0.05, 0.1) is 24.2 Å². The zero-order chi connectivity index (χ0) is 20.9. The smallest absolute Gasteiger partial charge is 0.161 e. The van der Waals surface area contributed by atoms with Crippen molar-refractivity contribution in [3.05, 3.63) is 89.5 Å². The lowest BCUT2D eigenvalue weighted by Gasteiger charge is -2.15. The third-order valence-corrected chi connectivity index (χ3v) is 4.97. The number of fused-ring (bicyclic) bond motifs is 1. The van der Waals surface area contributed by atoms with Gasteiger partial charge >= 0.3 is 0 Å².